The normalized spacial score (nSPS) is 12.4. The molecule has 1 unspecified atom stereocenters. The number of pyridine rings is 1. The van der Waals surface area contributed by atoms with Gasteiger partial charge in [0.05, 0.1) is 24.2 Å². The van der Waals surface area contributed by atoms with Crippen LogP contribution in [0.4, 0.5) is 5.69 Å². The third-order valence-electron chi connectivity index (χ3n) is 2.17. The fourth-order valence-electron chi connectivity index (χ4n) is 1.29. The highest BCUT2D eigenvalue weighted by Crippen LogP contribution is 2.06. The van der Waals surface area contributed by atoms with Crippen LogP contribution in [0.5, 0.6) is 0 Å². The Kier molecular flexibility index (Phi) is 3.75. The zero-order chi connectivity index (χ0) is 12.3. The van der Waals surface area contributed by atoms with Gasteiger partial charge in [0.2, 0.25) is 0 Å². The smallest absolute Gasteiger partial charge is 0.334 e. The topological polar surface area (TPSA) is 106 Å². The van der Waals surface area contributed by atoms with Crippen LogP contribution < -0.4 is 5.56 Å². The van der Waals surface area contributed by atoms with Gasteiger partial charge in [-0.1, -0.05) is 0 Å². The summed E-state index contributed by atoms with van der Waals surface area (Å²) in [7, 11) is 0. The van der Waals surface area contributed by atoms with Crippen molar-refractivity contribution in [2.75, 3.05) is 6.61 Å². The molecule has 1 atom stereocenters. The van der Waals surface area contributed by atoms with Crippen LogP contribution in [0.3, 0.4) is 0 Å². The van der Waals surface area contributed by atoms with Crippen LogP contribution >= 0.6 is 0 Å². The number of hydrogen-bond donors (Lipinski definition) is 2. The lowest BCUT2D eigenvalue weighted by Gasteiger charge is -2.12. The van der Waals surface area contributed by atoms with Crippen LogP contribution in [0, 0.1) is 17.0 Å². The van der Waals surface area contributed by atoms with Crippen LogP contribution in [0.2, 0.25) is 0 Å². The summed E-state index contributed by atoms with van der Waals surface area (Å²) in [6.07, 6.45) is -1.11. The molecule has 0 bridgehead atoms. The summed E-state index contributed by atoms with van der Waals surface area (Å²) in [5, 5.41) is 28.4. The van der Waals surface area contributed by atoms with Crippen LogP contribution in [0.1, 0.15) is 5.69 Å². The molecule has 0 aliphatic carbocycles. The molecular formula is C9H12N2O5. The number of rotatable bonds is 4. The third-order valence-corrected chi connectivity index (χ3v) is 2.17. The number of aromatic nitrogens is 1. The number of aliphatic hydroxyl groups is 2. The lowest BCUT2D eigenvalue weighted by molar-refractivity contribution is -0.386. The molecule has 0 aliphatic heterocycles. The molecule has 1 rings (SSSR count). The van der Waals surface area contributed by atoms with E-state index in [4.69, 9.17) is 5.11 Å². The van der Waals surface area contributed by atoms with E-state index in [0.717, 1.165) is 10.6 Å². The van der Waals surface area contributed by atoms with Crippen LogP contribution in [0.15, 0.2) is 16.9 Å². The fourth-order valence-corrected chi connectivity index (χ4v) is 1.29. The van der Waals surface area contributed by atoms with E-state index >= 15 is 0 Å². The van der Waals surface area contributed by atoms with Crippen molar-refractivity contribution in [1.29, 1.82) is 0 Å². The van der Waals surface area contributed by atoms with Crippen molar-refractivity contribution in [2.45, 2.75) is 19.6 Å². The Morgan fingerprint density at radius 2 is 2.19 bits per heavy atom. The van der Waals surface area contributed by atoms with Gasteiger partial charge >= 0.3 is 11.2 Å². The predicted molar refractivity (Wildman–Crippen MR) is 55.2 cm³/mol. The minimum absolute atomic E-state index is 0.164. The maximum atomic E-state index is 11.6. The first-order valence-corrected chi connectivity index (χ1v) is 4.61. The Labute approximate surface area is 90.7 Å². The number of aryl methyl sites for hydroxylation is 1. The van der Waals surface area contributed by atoms with E-state index in [1.165, 1.54) is 6.07 Å². The average Bonchev–Trinajstić information content (AvgIpc) is 2.23. The van der Waals surface area contributed by atoms with E-state index in [2.05, 4.69) is 0 Å². The number of hydrogen-bond acceptors (Lipinski definition) is 5. The molecule has 1 aromatic heterocycles. The second-order valence-corrected chi connectivity index (χ2v) is 3.37. The van der Waals surface area contributed by atoms with E-state index in [9.17, 15) is 20.0 Å². The van der Waals surface area contributed by atoms with Crippen molar-refractivity contribution in [3.05, 3.63) is 38.3 Å². The largest absolute Gasteiger partial charge is 0.394 e. The molecule has 0 spiro atoms. The molecule has 2 N–H and O–H groups in total. The second kappa shape index (κ2) is 4.86. The van der Waals surface area contributed by atoms with Gasteiger partial charge in [0.15, 0.2) is 0 Å². The summed E-state index contributed by atoms with van der Waals surface area (Å²) in [5.74, 6) is 0. The Morgan fingerprint density at radius 1 is 1.56 bits per heavy atom. The molecule has 0 aromatic carbocycles. The molecular weight excluding hydrogens is 216 g/mol. The fraction of sp³-hybridized carbons (Fsp3) is 0.444. The summed E-state index contributed by atoms with van der Waals surface area (Å²) in [5.41, 5.74) is -0.837. The first-order chi connectivity index (χ1) is 7.47. The number of aliphatic hydroxyl groups excluding tert-OH is 2. The lowest BCUT2D eigenvalue weighted by atomic mass is 10.3. The lowest BCUT2D eigenvalue weighted by Crippen LogP contribution is -2.31. The van der Waals surface area contributed by atoms with Crippen molar-refractivity contribution in [3.8, 4) is 0 Å². The van der Waals surface area contributed by atoms with E-state index in [1.54, 1.807) is 6.92 Å². The van der Waals surface area contributed by atoms with Crippen molar-refractivity contribution in [2.24, 2.45) is 0 Å². The van der Waals surface area contributed by atoms with Gasteiger partial charge in [-0.15, -0.1) is 0 Å². The Bertz CT molecular complexity index is 454. The van der Waals surface area contributed by atoms with Crippen LogP contribution in [-0.4, -0.2) is 32.4 Å². The minimum Gasteiger partial charge on any atom is -0.394 e. The van der Waals surface area contributed by atoms with E-state index < -0.39 is 28.9 Å². The highest BCUT2D eigenvalue weighted by atomic mass is 16.6. The first kappa shape index (κ1) is 12.3. The molecule has 0 saturated carbocycles. The average molecular weight is 228 g/mol. The monoisotopic (exact) mass is 228 g/mol. The van der Waals surface area contributed by atoms with Gasteiger partial charge in [-0.3, -0.25) is 14.9 Å². The van der Waals surface area contributed by atoms with Crippen molar-refractivity contribution in [3.63, 3.8) is 0 Å². The minimum atomic E-state index is -1.11. The summed E-state index contributed by atoms with van der Waals surface area (Å²) in [6.45, 7) is 0.923. The van der Waals surface area contributed by atoms with Gasteiger partial charge in [-0.05, 0) is 13.0 Å². The maximum Gasteiger partial charge on any atom is 0.334 e. The van der Waals surface area contributed by atoms with Gasteiger partial charge in [0.1, 0.15) is 0 Å². The summed E-state index contributed by atoms with van der Waals surface area (Å²) >= 11 is 0. The molecule has 1 aromatic rings. The quantitative estimate of drug-likeness (QED) is 0.529. The van der Waals surface area contributed by atoms with Crippen molar-refractivity contribution in [1.82, 2.24) is 4.57 Å². The van der Waals surface area contributed by atoms with Crippen molar-refractivity contribution < 1.29 is 15.1 Å². The van der Waals surface area contributed by atoms with E-state index in [1.807, 2.05) is 0 Å². The van der Waals surface area contributed by atoms with Gasteiger partial charge in [0.25, 0.3) is 0 Å². The first-order valence-electron chi connectivity index (χ1n) is 4.61. The number of nitro groups is 1. The van der Waals surface area contributed by atoms with Crippen LogP contribution in [0.25, 0.3) is 0 Å². The SMILES string of the molecule is Cc1ccc([N+](=O)[O-])c(=O)n1CC(O)CO. The van der Waals surface area contributed by atoms with E-state index in [-0.39, 0.29) is 6.54 Å². The Balaban J connectivity index is 3.22. The predicted octanol–water partition coefficient (Wildman–Crippen LogP) is -0.582. The second-order valence-electron chi connectivity index (χ2n) is 3.37. The zero-order valence-corrected chi connectivity index (χ0v) is 8.66. The van der Waals surface area contributed by atoms with Crippen molar-refractivity contribution >= 4 is 5.69 Å². The van der Waals surface area contributed by atoms with Gasteiger partial charge in [-0.2, -0.15) is 0 Å². The zero-order valence-electron chi connectivity index (χ0n) is 8.66. The molecule has 7 heteroatoms. The Hall–Kier alpha value is -1.73. The molecule has 0 aliphatic rings. The summed E-state index contributed by atoms with van der Waals surface area (Å²) in [6, 6.07) is 2.54. The maximum absolute atomic E-state index is 11.6. The molecule has 0 radical (unpaired) electrons. The number of nitrogens with zero attached hydrogens (tertiary/aromatic N) is 2. The molecule has 7 nitrogen and oxygen atoms in total. The summed E-state index contributed by atoms with van der Waals surface area (Å²) < 4.78 is 1.07. The molecule has 0 amide bonds. The van der Waals surface area contributed by atoms with Crippen LogP contribution in [-0.2, 0) is 6.54 Å². The summed E-state index contributed by atoms with van der Waals surface area (Å²) in [4.78, 5) is 21.4. The van der Waals surface area contributed by atoms with Gasteiger partial charge in [0, 0.05) is 11.8 Å². The molecule has 0 saturated heterocycles. The third kappa shape index (κ3) is 2.44. The molecule has 1 heterocycles. The van der Waals surface area contributed by atoms with Gasteiger partial charge in [-0.25, -0.2) is 0 Å². The molecule has 88 valence electrons. The molecule has 16 heavy (non-hydrogen) atoms. The standard InChI is InChI=1S/C9H12N2O5/c1-6-2-3-8(11(15)16)9(14)10(6)4-7(13)5-12/h2-3,7,12-13H,4-5H2,1H3. The van der Waals surface area contributed by atoms with Gasteiger partial charge < -0.3 is 14.8 Å². The highest BCUT2D eigenvalue weighted by molar-refractivity contribution is 5.27. The highest BCUT2D eigenvalue weighted by Gasteiger charge is 2.17. The molecule has 0 fully saturated rings. The Morgan fingerprint density at radius 3 is 2.69 bits per heavy atom. The van der Waals surface area contributed by atoms with E-state index in [0.29, 0.717) is 5.69 Å².